The van der Waals surface area contributed by atoms with Gasteiger partial charge in [0.25, 0.3) is 0 Å². The Morgan fingerprint density at radius 2 is 1.43 bits per heavy atom. The van der Waals surface area contributed by atoms with Crippen molar-refractivity contribution >= 4 is 11.6 Å². The molecule has 21 heavy (non-hydrogen) atoms. The molecule has 5 N–H and O–H groups in total. The van der Waals surface area contributed by atoms with Crippen LogP contribution in [0, 0.1) is 24.2 Å². The largest absolute Gasteiger partial charge is 0.400 e. The summed E-state index contributed by atoms with van der Waals surface area (Å²) in [6.07, 6.45) is 8.29. The monoisotopic (exact) mass is 282 g/mol. The van der Waals surface area contributed by atoms with Gasteiger partial charge in [0.05, 0.1) is 0 Å². The molecule has 0 aliphatic heterocycles. The van der Waals surface area contributed by atoms with E-state index in [0.29, 0.717) is 11.6 Å². The van der Waals surface area contributed by atoms with Gasteiger partial charge in [-0.3, -0.25) is 0 Å². The number of pyridine rings is 2. The molecule has 5 nitrogen and oxygen atoms in total. The molecule has 0 bridgehead atoms. The summed E-state index contributed by atoms with van der Waals surface area (Å²) < 4.78 is 0. The molecule has 0 amide bonds. The third-order valence-corrected chi connectivity index (χ3v) is 2.01. The maximum absolute atomic E-state index is 7.00. The van der Waals surface area contributed by atoms with Crippen LogP contribution in [0.3, 0.4) is 0 Å². The first-order chi connectivity index (χ1) is 10.2. The molecule has 0 spiro atoms. The third kappa shape index (κ3) is 7.89. The highest BCUT2D eigenvalue weighted by Gasteiger charge is 1.85. The molecular formula is C16H18N4O. The highest BCUT2D eigenvalue weighted by Crippen LogP contribution is 1.98. The van der Waals surface area contributed by atoms with E-state index in [0.717, 1.165) is 18.2 Å². The lowest BCUT2D eigenvalue weighted by molar-refractivity contribution is 0.399. The molecule has 2 heterocycles. The van der Waals surface area contributed by atoms with Crippen LogP contribution >= 0.6 is 0 Å². The van der Waals surface area contributed by atoms with E-state index in [1.807, 2.05) is 6.07 Å². The van der Waals surface area contributed by atoms with E-state index < -0.39 is 0 Å². The number of anilines is 2. The van der Waals surface area contributed by atoms with Crippen molar-refractivity contribution in [3.05, 3.63) is 47.8 Å². The molecular weight excluding hydrogens is 264 g/mol. The van der Waals surface area contributed by atoms with Gasteiger partial charge in [0.15, 0.2) is 0 Å². The van der Waals surface area contributed by atoms with Crippen molar-refractivity contribution in [3.63, 3.8) is 0 Å². The molecule has 2 aromatic rings. The molecule has 0 aliphatic carbocycles. The Bertz CT molecular complexity index is 617. The van der Waals surface area contributed by atoms with Gasteiger partial charge in [0.2, 0.25) is 0 Å². The number of nitrogens with two attached hydrogens (primary N) is 2. The second-order valence-electron chi connectivity index (χ2n) is 3.46. The zero-order valence-corrected chi connectivity index (χ0v) is 12.0. The Balaban J connectivity index is 0.000000342. The second-order valence-corrected chi connectivity index (χ2v) is 3.46. The SMILES string of the molecule is C#Cc1ccc(N)nc1.CC#Cc1ccc(N)nc1.CO. The van der Waals surface area contributed by atoms with Crippen LogP contribution in [0.25, 0.3) is 0 Å². The zero-order chi connectivity index (χ0) is 16.1. The Morgan fingerprint density at radius 1 is 0.952 bits per heavy atom. The number of hydrogen-bond donors (Lipinski definition) is 3. The van der Waals surface area contributed by atoms with E-state index >= 15 is 0 Å². The van der Waals surface area contributed by atoms with E-state index in [4.69, 9.17) is 23.0 Å². The normalized spacial score (nSPS) is 7.71. The standard InChI is InChI=1S/C8H8N2.C7H6N2.CH4O/c1-2-3-7-4-5-8(9)10-6-7;1-2-6-3-4-7(8)9-5-6;1-2/h4-6H,1H3,(H2,9,10);1,3-5H,(H2,8,9);2H,1H3. The molecule has 108 valence electrons. The lowest BCUT2D eigenvalue weighted by atomic mass is 10.3. The number of aliphatic hydroxyl groups is 1. The van der Waals surface area contributed by atoms with E-state index in [9.17, 15) is 0 Å². The Morgan fingerprint density at radius 3 is 1.76 bits per heavy atom. The van der Waals surface area contributed by atoms with Gasteiger partial charge >= 0.3 is 0 Å². The molecule has 0 saturated heterocycles. The second kappa shape index (κ2) is 10.9. The van der Waals surface area contributed by atoms with Crippen molar-refractivity contribution < 1.29 is 5.11 Å². The zero-order valence-electron chi connectivity index (χ0n) is 12.0. The number of aliphatic hydroxyl groups excluding tert-OH is 1. The van der Waals surface area contributed by atoms with Gasteiger partial charge in [0, 0.05) is 30.6 Å². The number of rotatable bonds is 0. The summed E-state index contributed by atoms with van der Waals surface area (Å²) in [5.41, 5.74) is 12.3. The molecule has 0 atom stereocenters. The fourth-order valence-corrected chi connectivity index (χ4v) is 1.11. The fraction of sp³-hybridized carbons (Fsp3) is 0.125. The van der Waals surface area contributed by atoms with Crippen LogP contribution in [0.1, 0.15) is 18.1 Å². The molecule has 0 fully saturated rings. The maximum atomic E-state index is 7.00. The molecule has 2 rings (SSSR count). The summed E-state index contributed by atoms with van der Waals surface area (Å²) in [6.45, 7) is 1.79. The van der Waals surface area contributed by atoms with Crippen molar-refractivity contribution in [1.29, 1.82) is 0 Å². The van der Waals surface area contributed by atoms with Crippen molar-refractivity contribution in [2.45, 2.75) is 6.92 Å². The Kier molecular flexibility index (Phi) is 9.30. The third-order valence-electron chi connectivity index (χ3n) is 2.01. The van der Waals surface area contributed by atoms with Crippen molar-refractivity contribution in [2.75, 3.05) is 18.6 Å². The fourth-order valence-electron chi connectivity index (χ4n) is 1.11. The molecule has 0 unspecified atom stereocenters. The van der Waals surface area contributed by atoms with Gasteiger partial charge in [0.1, 0.15) is 11.6 Å². The lowest BCUT2D eigenvalue weighted by Crippen LogP contribution is -1.88. The topological polar surface area (TPSA) is 98.0 Å². The summed E-state index contributed by atoms with van der Waals surface area (Å²) >= 11 is 0. The van der Waals surface area contributed by atoms with Crippen LogP contribution in [-0.2, 0) is 0 Å². The maximum Gasteiger partial charge on any atom is 0.123 e. The lowest BCUT2D eigenvalue weighted by Gasteiger charge is -1.89. The summed E-state index contributed by atoms with van der Waals surface area (Å²) in [7, 11) is 1.00. The molecule has 0 aromatic carbocycles. The van der Waals surface area contributed by atoms with Crippen LogP contribution in [0.5, 0.6) is 0 Å². The first-order valence-electron chi connectivity index (χ1n) is 5.93. The Labute approximate surface area is 125 Å². The van der Waals surface area contributed by atoms with Crippen molar-refractivity contribution in [3.8, 4) is 24.2 Å². The average molecular weight is 282 g/mol. The molecule has 0 saturated carbocycles. The molecule has 2 aromatic heterocycles. The minimum absolute atomic E-state index is 0.494. The summed E-state index contributed by atoms with van der Waals surface area (Å²) in [6, 6.07) is 7.01. The smallest absolute Gasteiger partial charge is 0.123 e. The average Bonchev–Trinajstić information content (AvgIpc) is 2.53. The quantitative estimate of drug-likeness (QED) is 0.632. The van der Waals surface area contributed by atoms with Gasteiger partial charge in [-0.05, 0) is 31.2 Å². The van der Waals surface area contributed by atoms with Crippen LogP contribution in [0.4, 0.5) is 11.6 Å². The van der Waals surface area contributed by atoms with Crippen LogP contribution in [0.15, 0.2) is 36.7 Å². The van der Waals surface area contributed by atoms with Gasteiger partial charge in [-0.25, -0.2) is 9.97 Å². The summed E-state index contributed by atoms with van der Waals surface area (Å²) in [5, 5.41) is 7.00. The van der Waals surface area contributed by atoms with Gasteiger partial charge in [-0.2, -0.15) is 0 Å². The van der Waals surface area contributed by atoms with Crippen LogP contribution in [-0.4, -0.2) is 22.2 Å². The highest BCUT2D eigenvalue weighted by atomic mass is 16.2. The first kappa shape index (κ1) is 18.0. The Hall–Kier alpha value is -3.02. The van der Waals surface area contributed by atoms with Crippen molar-refractivity contribution in [1.82, 2.24) is 9.97 Å². The number of nitrogens with zero attached hydrogens (tertiary/aromatic N) is 2. The van der Waals surface area contributed by atoms with E-state index in [1.165, 1.54) is 0 Å². The number of nitrogen functional groups attached to an aromatic ring is 2. The van der Waals surface area contributed by atoms with E-state index in [-0.39, 0.29) is 0 Å². The van der Waals surface area contributed by atoms with E-state index in [2.05, 4.69) is 27.7 Å². The summed E-state index contributed by atoms with van der Waals surface area (Å²) in [4.78, 5) is 7.66. The van der Waals surface area contributed by atoms with E-state index in [1.54, 1.807) is 37.5 Å². The first-order valence-corrected chi connectivity index (χ1v) is 5.93. The molecule has 5 heteroatoms. The van der Waals surface area contributed by atoms with Crippen LogP contribution < -0.4 is 11.5 Å². The number of hydrogen-bond acceptors (Lipinski definition) is 5. The molecule has 0 aliphatic rings. The van der Waals surface area contributed by atoms with Gasteiger partial charge < -0.3 is 16.6 Å². The predicted octanol–water partition coefficient (Wildman–Crippen LogP) is 1.29. The van der Waals surface area contributed by atoms with Crippen molar-refractivity contribution in [2.24, 2.45) is 0 Å². The minimum Gasteiger partial charge on any atom is -0.400 e. The number of terminal acetylenes is 1. The van der Waals surface area contributed by atoms with Gasteiger partial charge in [-0.1, -0.05) is 11.8 Å². The highest BCUT2D eigenvalue weighted by molar-refractivity contribution is 5.37. The van der Waals surface area contributed by atoms with Gasteiger partial charge in [-0.15, -0.1) is 12.3 Å². The summed E-state index contributed by atoms with van der Waals surface area (Å²) in [5.74, 6) is 9.10. The predicted molar refractivity (Wildman–Crippen MR) is 85.9 cm³/mol. The molecule has 0 radical (unpaired) electrons. The minimum atomic E-state index is 0.494. The number of aromatic nitrogens is 2. The van der Waals surface area contributed by atoms with Crippen LogP contribution in [0.2, 0.25) is 0 Å².